The second-order valence-corrected chi connectivity index (χ2v) is 14.9. The maximum atomic E-state index is 13.9. The number of nitrogens with one attached hydrogen (secondary N) is 6. The van der Waals surface area contributed by atoms with Crippen molar-refractivity contribution in [2.45, 2.75) is 109 Å². The Labute approximate surface area is 346 Å². The third-order valence-electron chi connectivity index (χ3n) is 9.05. The number of carbonyl (C=O) groups is 9. The lowest BCUT2D eigenvalue weighted by Crippen LogP contribution is -2.61. The Kier molecular flexibility index (Phi) is 19.8. The number of aromatic carboxylic acids is 1. The van der Waals surface area contributed by atoms with Crippen molar-refractivity contribution in [3.63, 3.8) is 0 Å². The van der Waals surface area contributed by atoms with Crippen LogP contribution in [0.3, 0.4) is 0 Å². The highest BCUT2D eigenvalue weighted by molar-refractivity contribution is 6.03. The SMILES string of the molecule is CC(C)C[C@H](NC(=O)[C@@H](NC(=O)[C@@H](N)CCC(=O)O)C(C)C)C(=O)N[C@@H](Cc1ccccc1)[C@@H](O)C(=O)N[C@@H](CC(=O)O)C(=O)N[C@@H](C)C(=O)Nc1ccccc1C(=O)O. The zero-order chi connectivity index (χ0) is 45.3. The van der Waals surface area contributed by atoms with E-state index in [0.29, 0.717) is 5.56 Å². The Morgan fingerprint density at radius 2 is 1.22 bits per heavy atom. The molecule has 60 heavy (non-hydrogen) atoms. The number of carboxylic acids is 3. The first kappa shape index (κ1) is 49.7. The van der Waals surface area contributed by atoms with Gasteiger partial charge >= 0.3 is 17.9 Å². The smallest absolute Gasteiger partial charge is 0.337 e. The van der Waals surface area contributed by atoms with E-state index in [4.69, 9.17) is 10.8 Å². The van der Waals surface area contributed by atoms with E-state index in [2.05, 4.69) is 31.9 Å². The standard InChI is InChI=1S/C40H55N7O13/c1-20(2)17-28(45-38(57)32(21(3)4)47-35(54)25(41)15-16-30(48)49)37(56)44-27(18-23-11-7-6-8-12-23)33(52)39(58)46-29(19-31(50)51)36(55)42-22(5)34(53)43-26-14-10-9-13-24(26)40(59)60/h6-14,20-22,25,27-29,32-33,52H,15-19,41H2,1-5H3,(H,42,55)(H,43,53)(H,44,56)(H,45,57)(H,46,58)(H,47,54)(H,48,49)(H,50,51)(H,59,60)/t22-,25-,27-,28-,29-,32-,33+/m0/s1. The third kappa shape index (κ3) is 16.5. The summed E-state index contributed by atoms with van der Waals surface area (Å²) in [7, 11) is 0. The molecule has 20 nitrogen and oxygen atoms in total. The second kappa shape index (κ2) is 23.9. The van der Waals surface area contributed by atoms with Crippen LogP contribution in [0, 0.1) is 11.8 Å². The van der Waals surface area contributed by atoms with Crippen LogP contribution in [0.2, 0.25) is 0 Å². The van der Waals surface area contributed by atoms with Crippen LogP contribution in [0.5, 0.6) is 0 Å². The maximum Gasteiger partial charge on any atom is 0.337 e. The van der Waals surface area contributed by atoms with Crippen molar-refractivity contribution in [2.24, 2.45) is 17.6 Å². The zero-order valence-electron chi connectivity index (χ0n) is 34.0. The molecule has 0 aliphatic heterocycles. The van der Waals surface area contributed by atoms with Crippen LogP contribution in [0.4, 0.5) is 5.69 Å². The Hall–Kier alpha value is -6.41. The van der Waals surface area contributed by atoms with E-state index in [1.54, 1.807) is 58.0 Å². The van der Waals surface area contributed by atoms with Crippen molar-refractivity contribution in [1.82, 2.24) is 26.6 Å². The summed E-state index contributed by atoms with van der Waals surface area (Å²) in [5.41, 5.74) is 6.07. The molecule has 328 valence electrons. The number of aliphatic carboxylic acids is 2. The van der Waals surface area contributed by atoms with Crippen molar-refractivity contribution < 1.29 is 63.6 Å². The van der Waals surface area contributed by atoms with E-state index in [0.717, 1.165) is 0 Å². The normalized spacial score (nSPS) is 14.6. The van der Waals surface area contributed by atoms with Gasteiger partial charge in [0.15, 0.2) is 6.10 Å². The van der Waals surface area contributed by atoms with Gasteiger partial charge in [-0.1, -0.05) is 70.2 Å². The lowest BCUT2D eigenvalue weighted by molar-refractivity contribution is -0.142. The van der Waals surface area contributed by atoms with E-state index < -0.39 is 108 Å². The fraction of sp³-hybridized carbons (Fsp3) is 0.475. The number of hydrogen-bond acceptors (Lipinski definition) is 11. The molecule has 0 bridgehead atoms. The quantitative estimate of drug-likeness (QED) is 0.0649. The van der Waals surface area contributed by atoms with Gasteiger partial charge in [0.05, 0.1) is 29.8 Å². The highest BCUT2D eigenvalue weighted by atomic mass is 16.4. The average Bonchev–Trinajstić information content (AvgIpc) is 3.17. The summed E-state index contributed by atoms with van der Waals surface area (Å²) in [5.74, 6) is -10.4. The molecule has 0 saturated heterocycles. The number of rotatable bonds is 24. The molecular weight excluding hydrogens is 786 g/mol. The highest BCUT2D eigenvalue weighted by Gasteiger charge is 2.36. The van der Waals surface area contributed by atoms with E-state index in [1.807, 2.05) is 0 Å². The lowest BCUT2D eigenvalue weighted by atomic mass is 9.97. The Balaban J connectivity index is 2.31. The summed E-state index contributed by atoms with van der Waals surface area (Å²) in [6.07, 6.45) is -3.77. The van der Waals surface area contributed by atoms with Gasteiger partial charge in [-0.3, -0.25) is 38.4 Å². The first-order chi connectivity index (χ1) is 28.1. The summed E-state index contributed by atoms with van der Waals surface area (Å²) < 4.78 is 0. The molecule has 2 rings (SSSR count). The second-order valence-electron chi connectivity index (χ2n) is 14.9. The predicted molar refractivity (Wildman–Crippen MR) is 215 cm³/mol. The fourth-order valence-corrected chi connectivity index (χ4v) is 5.79. The average molecular weight is 842 g/mol. The molecule has 0 spiro atoms. The van der Waals surface area contributed by atoms with Gasteiger partial charge in [0.25, 0.3) is 5.91 Å². The van der Waals surface area contributed by atoms with Crippen LogP contribution in [0.1, 0.15) is 76.2 Å². The Morgan fingerprint density at radius 1 is 0.633 bits per heavy atom. The summed E-state index contributed by atoms with van der Waals surface area (Å²) in [4.78, 5) is 114. The number of aliphatic hydroxyl groups is 1. The van der Waals surface area contributed by atoms with Gasteiger partial charge in [0, 0.05) is 6.42 Å². The van der Waals surface area contributed by atoms with Crippen LogP contribution in [0.15, 0.2) is 54.6 Å². The number of nitrogens with two attached hydrogens (primary N) is 1. The molecule has 12 N–H and O–H groups in total. The minimum absolute atomic E-state index is 0.0588. The first-order valence-corrected chi connectivity index (χ1v) is 19.2. The molecule has 6 amide bonds. The van der Waals surface area contributed by atoms with E-state index >= 15 is 0 Å². The summed E-state index contributed by atoms with van der Waals surface area (Å²) >= 11 is 0. The number of amides is 6. The molecule has 0 aliphatic carbocycles. The topological polar surface area (TPSA) is 333 Å². The fourth-order valence-electron chi connectivity index (χ4n) is 5.79. The molecule has 2 aromatic rings. The van der Waals surface area contributed by atoms with Crippen molar-refractivity contribution in [3.05, 3.63) is 65.7 Å². The van der Waals surface area contributed by atoms with Crippen LogP contribution in [0.25, 0.3) is 0 Å². The van der Waals surface area contributed by atoms with Crippen LogP contribution in [-0.4, -0.2) is 116 Å². The number of aliphatic hydroxyl groups excluding tert-OH is 1. The number of benzene rings is 2. The summed E-state index contributed by atoms with van der Waals surface area (Å²) in [6.45, 7) is 8.03. The van der Waals surface area contributed by atoms with Gasteiger partial charge in [-0.2, -0.15) is 0 Å². The molecule has 0 aliphatic rings. The number of para-hydroxylation sites is 1. The molecule has 2 aromatic carbocycles. The number of hydrogen-bond donors (Lipinski definition) is 11. The largest absolute Gasteiger partial charge is 0.481 e. The summed E-state index contributed by atoms with van der Waals surface area (Å²) in [5, 5.41) is 53.8. The van der Waals surface area contributed by atoms with Gasteiger partial charge < -0.3 is 58.1 Å². The van der Waals surface area contributed by atoms with Crippen molar-refractivity contribution in [1.29, 1.82) is 0 Å². The third-order valence-corrected chi connectivity index (χ3v) is 9.05. The first-order valence-electron chi connectivity index (χ1n) is 19.2. The minimum atomic E-state index is -2.11. The van der Waals surface area contributed by atoms with Crippen LogP contribution >= 0.6 is 0 Å². The van der Waals surface area contributed by atoms with Gasteiger partial charge in [-0.25, -0.2) is 4.79 Å². The summed E-state index contributed by atoms with van der Waals surface area (Å²) in [6, 6.07) is 5.49. The van der Waals surface area contributed by atoms with Crippen LogP contribution < -0.4 is 37.6 Å². The molecule has 20 heteroatoms. The number of carboxylic acid groups (broad SMARTS) is 3. The molecule has 0 heterocycles. The number of carbonyl (C=O) groups excluding carboxylic acids is 6. The molecular formula is C40H55N7O13. The molecule has 0 aromatic heterocycles. The molecule has 0 radical (unpaired) electrons. The molecule has 0 unspecified atom stereocenters. The maximum absolute atomic E-state index is 13.9. The molecule has 0 fully saturated rings. The molecule has 0 saturated carbocycles. The number of anilines is 1. The van der Waals surface area contributed by atoms with Crippen molar-refractivity contribution in [3.8, 4) is 0 Å². The lowest BCUT2D eigenvalue weighted by Gasteiger charge is -2.30. The highest BCUT2D eigenvalue weighted by Crippen LogP contribution is 2.16. The zero-order valence-corrected chi connectivity index (χ0v) is 34.0. The van der Waals surface area contributed by atoms with Gasteiger partial charge in [0.1, 0.15) is 24.2 Å². The minimum Gasteiger partial charge on any atom is -0.481 e. The van der Waals surface area contributed by atoms with E-state index in [-0.39, 0.29) is 42.9 Å². The van der Waals surface area contributed by atoms with Crippen molar-refractivity contribution >= 4 is 59.0 Å². The van der Waals surface area contributed by atoms with E-state index in [9.17, 15) is 58.5 Å². The van der Waals surface area contributed by atoms with Gasteiger partial charge in [0.2, 0.25) is 29.5 Å². The van der Waals surface area contributed by atoms with E-state index in [1.165, 1.54) is 31.2 Å². The molecule has 7 atom stereocenters. The Bertz CT molecular complexity index is 1860. The van der Waals surface area contributed by atoms with Crippen molar-refractivity contribution in [2.75, 3.05) is 5.32 Å². The van der Waals surface area contributed by atoms with Gasteiger partial charge in [-0.05, 0) is 55.7 Å². The predicted octanol–water partition coefficient (Wildman–Crippen LogP) is -0.260. The van der Waals surface area contributed by atoms with Gasteiger partial charge in [-0.15, -0.1) is 0 Å². The Morgan fingerprint density at radius 3 is 1.78 bits per heavy atom. The monoisotopic (exact) mass is 841 g/mol. The van der Waals surface area contributed by atoms with Crippen LogP contribution in [-0.2, 0) is 44.8 Å².